The first-order chi connectivity index (χ1) is 16.3. The highest BCUT2D eigenvalue weighted by Gasteiger charge is 2.40. The van der Waals surface area contributed by atoms with Gasteiger partial charge in [-0.2, -0.15) is 0 Å². The fraction of sp³-hybridized carbons (Fsp3) is 0.0800. The van der Waals surface area contributed by atoms with Crippen molar-refractivity contribution in [1.29, 1.82) is 0 Å². The van der Waals surface area contributed by atoms with Gasteiger partial charge in [0.25, 0.3) is 17.7 Å². The van der Waals surface area contributed by atoms with Crippen molar-refractivity contribution in [2.75, 3.05) is 22.6 Å². The van der Waals surface area contributed by atoms with Crippen LogP contribution in [0.15, 0.2) is 77.5 Å². The summed E-state index contributed by atoms with van der Waals surface area (Å²) in [4.78, 5) is 39.2. The van der Waals surface area contributed by atoms with Crippen LogP contribution in [0.25, 0.3) is 0 Å². The van der Waals surface area contributed by atoms with Crippen LogP contribution < -0.4 is 20.3 Å². The van der Waals surface area contributed by atoms with E-state index >= 15 is 0 Å². The van der Waals surface area contributed by atoms with E-state index < -0.39 is 11.8 Å². The van der Waals surface area contributed by atoms with E-state index in [9.17, 15) is 14.4 Å². The minimum absolute atomic E-state index is 0.0921. The zero-order valence-corrected chi connectivity index (χ0v) is 19.7. The molecule has 0 aliphatic carbocycles. The summed E-state index contributed by atoms with van der Waals surface area (Å²) in [6.07, 6.45) is 0. The van der Waals surface area contributed by atoms with Crippen LogP contribution in [0.1, 0.15) is 15.9 Å². The van der Waals surface area contributed by atoms with Crippen LogP contribution >= 0.6 is 23.2 Å². The van der Waals surface area contributed by atoms with Gasteiger partial charge in [0.15, 0.2) is 0 Å². The lowest BCUT2D eigenvalue weighted by Crippen LogP contribution is -2.32. The van der Waals surface area contributed by atoms with Gasteiger partial charge in [0.05, 0.1) is 12.8 Å². The maximum absolute atomic E-state index is 13.1. The smallest absolute Gasteiger partial charge is 0.283 e. The quantitative estimate of drug-likeness (QED) is 0.450. The Balaban J connectivity index is 1.51. The third-order valence-electron chi connectivity index (χ3n) is 5.13. The molecule has 0 aromatic heterocycles. The number of rotatable bonds is 6. The predicted molar refractivity (Wildman–Crippen MR) is 133 cm³/mol. The largest absolute Gasteiger partial charge is 0.495 e. The number of hydrogen-bond acceptors (Lipinski definition) is 5. The molecule has 9 heteroatoms. The maximum atomic E-state index is 13.1. The monoisotopic (exact) mass is 495 g/mol. The van der Waals surface area contributed by atoms with Gasteiger partial charge in [0.1, 0.15) is 16.5 Å². The molecule has 3 aromatic rings. The minimum atomic E-state index is -0.705. The summed E-state index contributed by atoms with van der Waals surface area (Å²) in [5.41, 5.74) is 2.76. The maximum Gasteiger partial charge on any atom is 0.283 e. The van der Waals surface area contributed by atoms with Crippen LogP contribution in [0, 0.1) is 6.92 Å². The summed E-state index contributed by atoms with van der Waals surface area (Å²) in [5, 5.41) is 5.75. The molecule has 172 valence electrons. The van der Waals surface area contributed by atoms with Gasteiger partial charge < -0.3 is 15.4 Å². The Morgan fingerprint density at radius 3 is 2.18 bits per heavy atom. The van der Waals surface area contributed by atoms with Crippen LogP contribution in [0.2, 0.25) is 5.02 Å². The fourth-order valence-corrected chi connectivity index (χ4v) is 3.74. The van der Waals surface area contributed by atoms with Crippen molar-refractivity contribution in [2.24, 2.45) is 0 Å². The second-order valence-corrected chi connectivity index (χ2v) is 8.29. The predicted octanol–water partition coefficient (Wildman–Crippen LogP) is 5.35. The average Bonchev–Trinajstić information content (AvgIpc) is 3.04. The lowest BCUT2D eigenvalue weighted by molar-refractivity contribution is -0.120. The summed E-state index contributed by atoms with van der Waals surface area (Å²) in [6, 6.07) is 18.5. The molecule has 7 nitrogen and oxygen atoms in total. The highest BCUT2D eigenvalue weighted by atomic mass is 35.5. The molecule has 0 bridgehead atoms. The molecule has 3 amide bonds. The summed E-state index contributed by atoms with van der Waals surface area (Å²) >= 11 is 12.3. The van der Waals surface area contributed by atoms with Gasteiger partial charge in [-0.3, -0.25) is 14.4 Å². The number of imide groups is 1. The first-order valence-electron chi connectivity index (χ1n) is 10.2. The summed E-state index contributed by atoms with van der Waals surface area (Å²) < 4.78 is 5.26. The number of aryl methyl sites for hydroxylation is 1. The Labute approximate surface area is 205 Å². The standard InChI is InChI=1S/C25H19Cl2N3O4/c1-14-3-8-18(9-4-14)29-23(31)15-5-10-17(11-6-15)28-22-21(27)24(32)30(25(22)33)19-13-16(26)7-12-20(19)34-2/h3-13,28H,1-2H3,(H,29,31). The molecule has 0 saturated carbocycles. The Morgan fingerprint density at radius 2 is 1.53 bits per heavy atom. The molecule has 2 N–H and O–H groups in total. The van der Waals surface area contributed by atoms with E-state index in [1.165, 1.54) is 13.2 Å². The topological polar surface area (TPSA) is 87.7 Å². The van der Waals surface area contributed by atoms with Gasteiger partial charge in [0.2, 0.25) is 0 Å². The molecule has 0 saturated heterocycles. The van der Waals surface area contributed by atoms with Crippen molar-refractivity contribution < 1.29 is 19.1 Å². The van der Waals surface area contributed by atoms with E-state index in [4.69, 9.17) is 27.9 Å². The summed E-state index contributed by atoms with van der Waals surface area (Å²) in [6.45, 7) is 1.96. The first kappa shape index (κ1) is 23.4. The molecular weight excluding hydrogens is 477 g/mol. The summed E-state index contributed by atoms with van der Waals surface area (Å²) in [5.74, 6) is -1.35. The average molecular weight is 496 g/mol. The lowest BCUT2D eigenvalue weighted by atomic mass is 10.1. The number of carbonyl (C=O) groups excluding carboxylic acids is 3. The first-order valence-corrected chi connectivity index (χ1v) is 10.9. The van der Waals surface area contributed by atoms with Crippen molar-refractivity contribution in [3.05, 3.63) is 93.6 Å². The van der Waals surface area contributed by atoms with E-state index in [1.54, 1.807) is 36.4 Å². The molecule has 1 aliphatic heterocycles. The number of amides is 3. The molecule has 1 heterocycles. The van der Waals surface area contributed by atoms with Crippen molar-refractivity contribution in [3.63, 3.8) is 0 Å². The Morgan fingerprint density at radius 1 is 0.882 bits per heavy atom. The number of nitrogens with one attached hydrogen (secondary N) is 2. The minimum Gasteiger partial charge on any atom is -0.495 e. The van der Waals surface area contributed by atoms with E-state index in [0.29, 0.717) is 27.7 Å². The number of hydrogen-bond donors (Lipinski definition) is 2. The second-order valence-electron chi connectivity index (χ2n) is 7.47. The number of anilines is 3. The number of methoxy groups -OCH3 is 1. The van der Waals surface area contributed by atoms with Crippen LogP contribution in [0.3, 0.4) is 0 Å². The number of ether oxygens (including phenoxy) is 1. The lowest BCUT2D eigenvalue weighted by Gasteiger charge is -2.18. The van der Waals surface area contributed by atoms with Gasteiger partial charge in [0, 0.05) is 22.0 Å². The van der Waals surface area contributed by atoms with Crippen LogP contribution in [-0.2, 0) is 9.59 Å². The molecule has 4 rings (SSSR count). The SMILES string of the molecule is COc1ccc(Cl)cc1N1C(=O)C(Cl)=C(Nc2ccc(C(=O)Nc3ccc(C)cc3)cc2)C1=O. The van der Waals surface area contributed by atoms with Crippen molar-refractivity contribution in [3.8, 4) is 5.75 Å². The van der Waals surface area contributed by atoms with Crippen LogP contribution in [-0.4, -0.2) is 24.8 Å². The van der Waals surface area contributed by atoms with Crippen molar-refractivity contribution in [2.45, 2.75) is 6.92 Å². The third kappa shape index (κ3) is 4.62. The zero-order valence-electron chi connectivity index (χ0n) is 18.2. The number of nitrogens with zero attached hydrogens (tertiary/aromatic N) is 1. The Hall–Kier alpha value is -3.81. The Bertz CT molecular complexity index is 1320. The van der Waals surface area contributed by atoms with E-state index in [1.807, 2.05) is 31.2 Å². The molecule has 0 fully saturated rings. The fourth-order valence-electron chi connectivity index (χ4n) is 3.36. The van der Waals surface area contributed by atoms with Crippen molar-refractivity contribution >= 4 is 58.0 Å². The molecule has 3 aromatic carbocycles. The molecule has 0 atom stereocenters. The molecule has 0 unspecified atom stereocenters. The Kier molecular flexibility index (Phi) is 6.58. The van der Waals surface area contributed by atoms with Gasteiger partial charge in [-0.05, 0) is 61.5 Å². The number of halogens is 2. The van der Waals surface area contributed by atoms with Gasteiger partial charge >= 0.3 is 0 Å². The molecule has 0 spiro atoms. The number of carbonyl (C=O) groups is 3. The highest BCUT2D eigenvalue weighted by molar-refractivity contribution is 6.53. The van der Waals surface area contributed by atoms with Crippen LogP contribution in [0.4, 0.5) is 17.1 Å². The van der Waals surface area contributed by atoms with E-state index in [0.717, 1.165) is 10.5 Å². The summed E-state index contributed by atoms with van der Waals surface area (Å²) in [7, 11) is 1.42. The molecule has 34 heavy (non-hydrogen) atoms. The second kappa shape index (κ2) is 9.59. The third-order valence-corrected chi connectivity index (χ3v) is 5.72. The van der Waals surface area contributed by atoms with E-state index in [-0.39, 0.29) is 22.3 Å². The van der Waals surface area contributed by atoms with E-state index in [2.05, 4.69) is 10.6 Å². The normalized spacial score (nSPS) is 13.4. The number of benzene rings is 3. The zero-order chi connectivity index (χ0) is 24.4. The van der Waals surface area contributed by atoms with Crippen molar-refractivity contribution in [1.82, 2.24) is 0 Å². The van der Waals surface area contributed by atoms with Gasteiger partial charge in [-0.15, -0.1) is 0 Å². The van der Waals surface area contributed by atoms with Gasteiger partial charge in [-0.25, -0.2) is 4.90 Å². The molecule has 1 aliphatic rings. The van der Waals surface area contributed by atoms with Gasteiger partial charge in [-0.1, -0.05) is 40.9 Å². The molecule has 0 radical (unpaired) electrons. The molecular formula is C25H19Cl2N3O4. The highest BCUT2D eigenvalue weighted by Crippen LogP contribution is 2.37. The van der Waals surface area contributed by atoms with Crippen LogP contribution in [0.5, 0.6) is 5.75 Å².